The zero-order chi connectivity index (χ0) is 38.4. The lowest BCUT2D eigenvalue weighted by Gasteiger charge is -2.20. The smallest absolute Gasteiger partial charge is 0.462 e. The van der Waals surface area contributed by atoms with E-state index in [1.54, 1.807) is 0 Å². The Morgan fingerprint density at radius 2 is 0.942 bits per heavy atom. The highest BCUT2D eigenvalue weighted by molar-refractivity contribution is 7.47. The summed E-state index contributed by atoms with van der Waals surface area (Å²) in [6, 6.07) is 0. The number of ether oxygens (including phenoxy) is 2. The summed E-state index contributed by atoms with van der Waals surface area (Å²) in [5.41, 5.74) is 0. The van der Waals surface area contributed by atoms with E-state index in [1.807, 2.05) is 0 Å². The maximum absolute atomic E-state index is 12.6. The highest BCUT2D eigenvalue weighted by Gasteiger charge is 2.27. The summed E-state index contributed by atoms with van der Waals surface area (Å²) in [4.78, 5) is 34.9. The largest absolute Gasteiger partial charge is 0.472 e. The van der Waals surface area contributed by atoms with E-state index in [9.17, 15) is 24.2 Å². The van der Waals surface area contributed by atoms with Crippen molar-refractivity contribution in [3.8, 4) is 0 Å². The number of hydrogen-bond donors (Lipinski definition) is 3. The standard InChI is InChI=1S/C41H79O10P/c1-3-5-7-9-11-13-15-16-17-18-19-20-21-23-25-27-29-31-33-41(45)51-39(37-50-52(46,47)49-35-38(43)34-42)36-48-40(44)32-30-28-26-24-22-14-12-10-8-6-4-2/h17-18,38-39,42-43H,3-16,19-37H2,1-2H3,(H,46,47)/b18-17-. The van der Waals surface area contributed by atoms with Gasteiger partial charge >= 0.3 is 19.8 Å². The molecule has 11 heteroatoms. The highest BCUT2D eigenvalue weighted by atomic mass is 31.2. The number of aliphatic hydroxyl groups is 2. The first-order chi connectivity index (χ1) is 25.2. The molecule has 0 aromatic heterocycles. The SMILES string of the molecule is CCCCCCCCC/C=C\CCCCCCCCCC(=O)OC(COC(=O)CCCCCCCCCCCCC)COP(=O)(O)OCC(O)CO. The molecule has 3 N–H and O–H groups in total. The minimum atomic E-state index is -4.61. The molecule has 0 radical (unpaired) electrons. The summed E-state index contributed by atoms with van der Waals surface area (Å²) >= 11 is 0. The number of carbonyl (C=O) groups excluding carboxylic acids is 2. The number of phosphoric acid groups is 1. The summed E-state index contributed by atoms with van der Waals surface area (Å²) in [6.45, 7) is 2.38. The Labute approximate surface area is 317 Å². The highest BCUT2D eigenvalue weighted by Crippen LogP contribution is 2.43. The lowest BCUT2D eigenvalue weighted by atomic mass is 10.1. The van der Waals surface area contributed by atoms with Crippen molar-refractivity contribution < 1.29 is 47.8 Å². The first-order valence-corrected chi connectivity index (χ1v) is 22.6. The Kier molecular flexibility index (Phi) is 37.1. The average Bonchev–Trinajstić information content (AvgIpc) is 3.13. The van der Waals surface area contributed by atoms with Crippen LogP contribution < -0.4 is 0 Å². The van der Waals surface area contributed by atoms with E-state index in [-0.39, 0.29) is 19.4 Å². The van der Waals surface area contributed by atoms with Gasteiger partial charge in [-0.3, -0.25) is 18.6 Å². The molecule has 0 heterocycles. The van der Waals surface area contributed by atoms with Crippen molar-refractivity contribution in [2.75, 3.05) is 26.4 Å². The van der Waals surface area contributed by atoms with E-state index in [0.717, 1.165) is 44.9 Å². The molecule has 0 aliphatic rings. The number of unbranched alkanes of at least 4 members (excludes halogenated alkanes) is 24. The summed E-state index contributed by atoms with van der Waals surface area (Å²) in [6.07, 6.45) is 34.6. The molecular formula is C41H79O10P. The molecule has 308 valence electrons. The van der Waals surface area contributed by atoms with Crippen LogP contribution in [0.2, 0.25) is 0 Å². The minimum Gasteiger partial charge on any atom is -0.462 e. The van der Waals surface area contributed by atoms with Crippen LogP contribution >= 0.6 is 7.82 Å². The van der Waals surface area contributed by atoms with Gasteiger partial charge < -0.3 is 24.6 Å². The Bertz CT molecular complexity index is 884. The molecule has 0 saturated carbocycles. The summed E-state index contributed by atoms with van der Waals surface area (Å²) in [5.74, 6) is -0.923. The maximum atomic E-state index is 12.6. The summed E-state index contributed by atoms with van der Waals surface area (Å²) in [7, 11) is -4.61. The second-order valence-corrected chi connectivity index (χ2v) is 15.8. The molecule has 0 aromatic rings. The van der Waals surface area contributed by atoms with Crippen LogP contribution in [0.3, 0.4) is 0 Å². The van der Waals surface area contributed by atoms with E-state index >= 15 is 0 Å². The maximum Gasteiger partial charge on any atom is 0.472 e. The number of carbonyl (C=O) groups is 2. The lowest BCUT2D eigenvalue weighted by molar-refractivity contribution is -0.161. The van der Waals surface area contributed by atoms with Gasteiger partial charge in [-0.05, 0) is 38.5 Å². The van der Waals surface area contributed by atoms with Gasteiger partial charge in [0.1, 0.15) is 12.7 Å². The van der Waals surface area contributed by atoms with Crippen LogP contribution in [0.4, 0.5) is 0 Å². The van der Waals surface area contributed by atoms with Crippen LogP contribution in [0.25, 0.3) is 0 Å². The van der Waals surface area contributed by atoms with Gasteiger partial charge in [0.05, 0.1) is 19.8 Å². The molecule has 0 rings (SSSR count). The molecule has 0 aliphatic carbocycles. The quantitative estimate of drug-likeness (QED) is 0.0238. The van der Waals surface area contributed by atoms with E-state index in [2.05, 4.69) is 30.5 Å². The van der Waals surface area contributed by atoms with Gasteiger partial charge in [-0.15, -0.1) is 0 Å². The van der Waals surface area contributed by atoms with Crippen molar-refractivity contribution in [3.63, 3.8) is 0 Å². The molecule has 0 fully saturated rings. The number of esters is 2. The van der Waals surface area contributed by atoms with Crippen molar-refractivity contribution in [2.24, 2.45) is 0 Å². The van der Waals surface area contributed by atoms with E-state index in [1.165, 1.54) is 116 Å². The molecule has 0 saturated heterocycles. The van der Waals surface area contributed by atoms with Crippen molar-refractivity contribution in [3.05, 3.63) is 12.2 Å². The molecule has 3 unspecified atom stereocenters. The van der Waals surface area contributed by atoms with Crippen molar-refractivity contribution in [1.29, 1.82) is 0 Å². The second kappa shape index (κ2) is 38.0. The van der Waals surface area contributed by atoms with E-state index in [0.29, 0.717) is 12.8 Å². The van der Waals surface area contributed by atoms with Crippen molar-refractivity contribution in [1.82, 2.24) is 0 Å². The number of allylic oxidation sites excluding steroid dienone is 2. The normalized spacial score (nSPS) is 14.0. The van der Waals surface area contributed by atoms with Crippen LogP contribution in [0.1, 0.15) is 200 Å². The van der Waals surface area contributed by atoms with Crippen LogP contribution in [0.15, 0.2) is 12.2 Å². The fraction of sp³-hybridized carbons (Fsp3) is 0.902. The van der Waals surface area contributed by atoms with E-state index in [4.69, 9.17) is 19.1 Å². The summed E-state index contributed by atoms with van der Waals surface area (Å²) in [5, 5.41) is 18.3. The summed E-state index contributed by atoms with van der Waals surface area (Å²) < 4.78 is 32.6. The molecule has 3 atom stereocenters. The molecule has 0 amide bonds. The number of rotatable bonds is 40. The van der Waals surface area contributed by atoms with Crippen molar-refractivity contribution >= 4 is 19.8 Å². The molecule has 52 heavy (non-hydrogen) atoms. The fourth-order valence-corrected chi connectivity index (χ4v) is 6.66. The molecule has 0 aromatic carbocycles. The van der Waals surface area contributed by atoms with Crippen LogP contribution in [0, 0.1) is 0 Å². The Balaban J connectivity index is 4.27. The van der Waals surface area contributed by atoms with Crippen LogP contribution in [-0.4, -0.2) is 65.7 Å². The third-order valence-corrected chi connectivity index (χ3v) is 10.1. The third kappa shape index (κ3) is 37.0. The van der Waals surface area contributed by atoms with Gasteiger partial charge in [0.2, 0.25) is 0 Å². The number of hydrogen-bond acceptors (Lipinski definition) is 9. The van der Waals surface area contributed by atoms with Gasteiger partial charge in [-0.25, -0.2) is 4.57 Å². The second-order valence-electron chi connectivity index (χ2n) is 14.4. The first-order valence-electron chi connectivity index (χ1n) is 21.1. The van der Waals surface area contributed by atoms with Crippen LogP contribution in [-0.2, 0) is 32.7 Å². The van der Waals surface area contributed by atoms with Gasteiger partial charge in [-0.1, -0.05) is 161 Å². The Morgan fingerprint density at radius 1 is 0.558 bits per heavy atom. The number of aliphatic hydroxyl groups excluding tert-OH is 2. The van der Waals surface area contributed by atoms with Gasteiger partial charge in [0.15, 0.2) is 6.10 Å². The lowest BCUT2D eigenvalue weighted by Crippen LogP contribution is -2.29. The molecule has 10 nitrogen and oxygen atoms in total. The van der Waals surface area contributed by atoms with Gasteiger partial charge in [0.25, 0.3) is 0 Å². The van der Waals surface area contributed by atoms with Crippen LogP contribution in [0.5, 0.6) is 0 Å². The molecule has 0 spiro atoms. The monoisotopic (exact) mass is 763 g/mol. The Hall–Kier alpha value is -1.29. The third-order valence-electron chi connectivity index (χ3n) is 9.17. The van der Waals surface area contributed by atoms with Gasteiger partial charge in [-0.2, -0.15) is 0 Å². The molecular weight excluding hydrogens is 683 g/mol. The fourth-order valence-electron chi connectivity index (χ4n) is 5.87. The first kappa shape index (κ1) is 50.7. The Morgan fingerprint density at radius 3 is 1.38 bits per heavy atom. The minimum absolute atomic E-state index is 0.183. The molecule has 0 bridgehead atoms. The average molecular weight is 763 g/mol. The van der Waals surface area contributed by atoms with E-state index < -0.39 is 51.8 Å². The van der Waals surface area contributed by atoms with Gasteiger partial charge in [0, 0.05) is 12.8 Å². The predicted octanol–water partition coefficient (Wildman–Crippen LogP) is 10.8. The zero-order valence-electron chi connectivity index (χ0n) is 33.3. The zero-order valence-corrected chi connectivity index (χ0v) is 34.2. The number of phosphoric ester groups is 1. The molecule has 0 aliphatic heterocycles. The topological polar surface area (TPSA) is 149 Å². The predicted molar refractivity (Wildman–Crippen MR) is 210 cm³/mol. The van der Waals surface area contributed by atoms with Crippen molar-refractivity contribution in [2.45, 2.75) is 212 Å².